The van der Waals surface area contributed by atoms with Crippen LogP contribution >= 0.6 is 0 Å². The molecule has 2 heterocycles. The Hall–Kier alpha value is -2.86. The van der Waals surface area contributed by atoms with Gasteiger partial charge in [0.05, 0.1) is 26.3 Å². The van der Waals surface area contributed by atoms with E-state index in [2.05, 4.69) is 29.6 Å². The molecule has 0 saturated carbocycles. The molecule has 1 fully saturated rings. The molecule has 31 heavy (non-hydrogen) atoms. The number of carbonyl (C=O) groups excluding carboxylic acids is 2. The van der Waals surface area contributed by atoms with Crippen LogP contribution in [-0.4, -0.2) is 44.0 Å². The van der Waals surface area contributed by atoms with Gasteiger partial charge in [0.15, 0.2) is 17.3 Å². The molecule has 6 heteroatoms. The van der Waals surface area contributed by atoms with Crippen LogP contribution in [0.3, 0.4) is 0 Å². The number of amides is 1. The summed E-state index contributed by atoms with van der Waals surface area (Å²) in [6, 6.07) is 16.0. The number of quaternary nitrogens is 1. The zero-order valence-corrected chi connectivity index (χ0v) is 17.9. The average Bonchev–Trinajstić information content (AvgIpc) is 3.04. The standard InChI is InChI=1S/C25H30N2O4/c28-22(20-7-9-23-24(17-20)31-16-4-15-30-23)8-10-25(29)26-21-11-13-27(14-12-21)18-19-5-2-1-3-6-19/h1-3,5-7,9,17,21H,4,8,10-16,18H2,(H,26,29)/p+1. The maximum Gasteiger partial charge on any atom is 0.220 e. The van der Waals surface area contributed by atoms with Crippen molar-refractivity contribution in [2.75, 3.05) is 26.3 Å². The van der Waals surface area contributed by atoms with Crippen LogP contribution in [0.5, 0.6) is 11.5 Å². The van der Waals surface area contributed by atoms with Crippen molar-refractivity contribution in [2.45, 2.75) is 44.7 Å². The molecule has 0 bridgehead atoms. The Balaban J connectivity index is 1.19. The van der Waals surface area contributed by atoms with Gasteiger partial charge in [0.25, 0.3) is 0 Å². The van der Waals surface area contributed by atoms with Crippen LogP contribution in [0, 0.1) is 0 Å². The fraction of sp³-hybridized carbons (Fsp3) is 0.440. The van der Waals surface area contributed by atoms with Gasteiger partial charge in [-0.1, -0.05) is 30.3 Å². The minimum absolute atomic E-state index is 0.0424. The number of likely N-dealkylation sites (tertiary alicyclic amines) is 1. The fourth-order valence-corrected chi connectivity index (χ4v) is 4.24. The van der Waals surface area contributed by atoms with Gasteiger partial charge in [0.2, 0.25) is 5.91 Å². The number of rotatable bonds is 7. The van der Waals surface area contributed by atoms with Crippen LogP contribution in [-0.2, 0) is 11.3 Å². The summed E-state index contributed by atoms with van der Waals surface area (Å²) in [5.74, 6) is 1.19. The number of carbonyl (C=O) groups is 2. The predicted octanol–water partition coefficient (Wildman–Crippen LogP) is 2.17. The smallest absolute Gasteiger partial charge is 0.220 e. The van der Waals surface area contributed by atoms with Crippen LogP contribution in [0.1, 0.15) is 48.0 Å². The van der Waals surface area contributed by atoms with Gasteiger partial charge in [-0.05, 0) is 18.2 Å². The summed E-state index contributed by atoms with van der Waals surface area (Å²) in [4.78, 5) is 26.5. The highest BCUT2D eigenvalue weighted by atomic mass is 16.5. The number of fused-ring (bicyclic) bond motifs is 1. The first kappa shape index (κ1) is 21.4. The number of benzene rings is 2. The van der Waals surface area contributed by atoms with Gasteiger partial charge >= 0.3 is 0 Å². The van der Waals surface area contributed by atoms with Crippen LogP contribution in [0.25, 0.3) is 0 Å². The Morgan fingerprint density at radius 2 is 1.68 bits per heavy atom. The molecule has 6 nitrogen and oxygen atoms in total. The molecule has 0 aromatic heterocycles. The highest BCUT2D eigenvalue weighted by Gasteiger charge is 2.24. The van der Waals surface area contributed by atoms with Gasteiger partial charge in [-0.15, -0.1) is 0 Å². The number of hydrogen-bond acceptors (Lipinski definition) is 4. The Labute approximate surface area is 183 Å². The van der Waals surface area contributed by atoms with Crippen molar-refractivity contribution in [3.63, 3.8) is 0 Å². The van der Waals surface area contributed by atoms with Crippen LogP contribution in [0.2, 0.25) is 0 Å². The minimum Gasteiger partial charge on any atom is -0.490 e. The first-order valence-corrected chi connectivity index (χ1v) is 11.3. The monoisotopic (exact) mass is 423 g/mol. The minimum atomic E-state index is -0.0482. The molecular formula is C25H31N2O4+. The van der Waals surface area contributed by atoms with E-state index in [1.165, 1.54) is 5.56 Å². The van der Waals surface area contributed by atoms with E-state index in [4.69, 9.17) is 9.47 Å². The molecule has 4 rings (SSSR count). The third-order valence-electron chi connectivity index (χ3n) is 6.00. The van der Waals surface area contributed by atoms with Crippen molar-refractivity contribution in [3.8, 4) is 11.5 Å². The number of nitrogens with one attached hydrogen (secondary N) is 2. The van der Waals surface area contributed by atoms with Crippen molar-refractivity contribution in [2.24, 2.45) is 0 Å². The quantitative estimate of drug-likeness (QED) is 0.670. The summed E-state index contributed by atoms with van der Waals surface area (Å²) in [6.45, 7) is 4.34. The molecule has 1 saturated heterocycles. The van der Waals surface area contributed by atoms with Crippen LogP contribution in [0.4, 0.5) is 0 Å². The van der Waals surface area contributed by atoms with Gasteiger partial charge in [-0.2, -0.15) is 0 Å². The molecule has 2 aromatic carbocycles. The van der Waals surface area contributed by atoms with Crippen molar-refractivity contribution < 1.29 is 24.0 Å². The van der Waals surface area contributed by atoms with Crippen LogP contribution in [0.15, 0.2) is 48.5 Å². The lowest BCUT2D eigenvalue weighted by molar-refractivity contribution is -0.918. The van der Waals surface area contributed by atoms with E-state index in [-0.39, 0.29) is 30.6 Å². The lowest BCUT2D eigenvalue weighted by Crippen LogP contribution is -3.12. The van der Waals surface area contributed by atoms with E-state index in [0.29, 0.717) is 30.3 Å². The summed E-state index contributed by atoms with van der Waals surface area (Å²) in [7, 11) is 0. The van der Waals surface area contributed by atoms with Gasteiger partial charge in [-0.3, -0.25) is 9.59 Å². The molecule has 2 N–H and O–H groups in total. The SMILES string of the molecule is O=C(CCC(=O)c1ccc2c(c1)OCCCO2)NC1CC[NH+](Cc2ccccc2)CC1. The summed E-state index contributed by atoms with van der Waals surface area (Å²) in [5.41, 5.74) is 1.92. The van der Waals surface area contributed by atoms with Crippen molar-refractivity contribution in [1.29, 1.82) is 0 Å². The van der Waals surface area contributed by atoms with Crippen molar-refractivity contribution in [1.82, 2.24) is 5.32 Å². The van der Waals surface area contributed by atoms with E-state index in [1.807, 2.05) is 6.07 Å². The Kier molecular flexibility index (Phi) is 7.20. The van der Waals surface area contributed by atoms with Gasteiger partial charge < -0.3 is 19.7 Å². The Morgan fingerprint density at radius 3 is 2.45 bits per heavy atom. The normalized spacial score (nSPS) is 20.5. The molecular weight excluding hydrogens is 392 g/mol. The molecule has 0 atom stereocenters. The molecule has 0 unspecified atom stereocenters. The molecule has 2 aliphatic rings. The van der Waals surface area contributed by atoms with E-state index in [9.17, 15) is 9.59 Å². The summed E-state index contributed by atoms with van der Waals surface area (Å²) in [6.07, 6.45) is 3.19. The molecule has 0 aliphatic carbocycles. The lowest BCUT2D eigenvalue weighted by Gasteiger charge is -2.29. The average molecular weight is 424 g/mol. The second kappa shape index (κ2) is 10.4. The van der Waals surface area contributed by atoms with E-state index in [0.717, 1.165) is 38.9 Å². The number of Topliss-reactive ketones (excluding diaryl/α,β-unsaturated/α-hetero) is 1. The van der Waals surface area contributed by atoms with E-state index < -0.39 is 0 Å². The first-order valence-electron chi connectivity index (χ1n) is 11.3. The van der Waals surface area contributed by atoms with Gasteiger partial charge in [0, 0.05) is 49.3 Å². The zero-order valence-electron chi connectivity index (χ0n) is 17.9. The maximum absolute atomic E-state index is 12.5. The molecule has 2 aromatic rings. The van der Waals surface area contributed by atoms with Crippen LogP contribution < -0.4 is 19.7 Å². The summed E-state index contributed by atoms with van der Waals surface area (Å²) >= 11 is 0. The third kappa shape index (κ3) is 6.07. The topological polar surface area (TPSA) is 69.1 Å². The Bertz CT molecular complexity index is 892. The summed E-state index contributed by atoms with van der Waals surface area (Å²) < 4.78 is 11.3. The maximum atomic E-state index is 12.5. The first-order chi connectivity index (χ1) is 15.2. The largest absolute Gasteiger partial charge is 0.490 e. The second-order valence-electron chi connectivity index (χ2n) is 8.39. The van der Waals surface area contributed by atoms with E-state index in [1.54, 1.807) is 23.1 Å². The number of hydrogen-bond donors (Lipinski definition) is 2. The molecule has 1 amide bonds. The molecule has 0 spiro atoms. The van der Waals surface area contributed by atoms with E-state index >= 15 is 0 Å². The summed E-state index contributed by atoms with van der Waals surface area (Å²) in [5, 5.41) is 3.12. The second-order valence-corrected chi connectivity index (χ2v) is 8.39. The predicted molar refractivity (Wildman–Crippen MR) is 118 cm³/mol. The number of ether oxygens (including phenoxy) is 2. The number of ketones is 1. The van der Waals surface area contributed by atoms with Crippen molar-refractivity contribution in [3.05, 3.63) is 59.7 Å². The molecule has 0 radical (unpaired) electrons. The lowest BCUT2D eigenvalue weighted by atomic mass is 10.0. The zero-order chi connectivity index (χ0) is 21.5. The Morgan fingerprint density at radius 1 is 0.935 bits per heavy atom. The highest BCUT2D eigenvalue weighted by molar-refractivity contribution is 5.98. The molecule has 2 aliphatic heterocycles. The number of piperidine rings is 1. The highest BCUT2D eigenvalue weighted by Crippen LogP contribution is 2.30. The van der Waals surface area contributed by atoms with Crippen molar-refractivity contribution >= 4 is 11.7 Å². The fourth-order valence-electron chi connectivity index (χ4n) is 4.24. The van der Waals surface area contributed by atoms with Gasteiger partial charge in [0.1, 0.15) is 6.54 Å². The molecule has 164 valence electrons. The van der Waals surface area contributed by atoms with Gasteiger partial charge in [-0.25, -0.2) is 0 Å². The third-order valence-corrected chi connectivity index (χ3v) is 6.00.